The molecule has 0 spiro atoms. The number of aliphatic hydroxyl groups excluding tert-OH is 3. The first-order valence-electron chi connectivity index (χ1n) is 21.8. The lowest BCUT2D eigenvalue weighted by atomic mass is 10.0. The molecule has 0 radical (unpaired) electrons. The van der Waals surface area contributed by atoms with Crippen LogP contribution in [-0.2, 0) is 4.79 Å². The molecule has 0 heterocycles. The molecule has 4 N–H and O–H groups in total. The van der Waals surface area contributed by atoms with Crippen LogP contribution in [0.1, 0.15) is 219 Å². The van der Waals surface area contributed by atoms with E-state index >= 15 is 0 Å². The van der Waals surface area contributed by atoms with Crippen LogP contribution in [-0.4, -0.2) is 46.1 Å². The van der Waals surface area contributed by atoms with Crippen LogP contribution < -0.4 is 5.32 Å². The van der Waals surface area contributed by atoms with Gasteiger partial charge >= 0.3 is 0 Å². The molecule has 294 valence electrons. The molecule has 0 bridgehead atoms. The average molecular weight is 704 g/mol. The largest absolute Gasteiger partial charge is 0.394 e. The third-order valence-corrected chi connectivity index (χ3v) is 9.90. The monoisotopic (exact) mass is 704 g/mol. The Morgan fingerprint density at radius 2 is 0.860 bits per heavy atom. The van der Waals surface area contributed by atoms with E-state index in [1.807, 2.05) is 6.08 Å². The van der Waals surface area contributed by atoms with E-state index in [9.17, 15) is 20.1 Å². The molecule has 0 aliphatic rings. The highest BCUT2D eigenvalue weighted by Crippen LogP contribution is 2.14. The van der Waals surface area contributed by atoms with Gasteiger partial charge in [0.2, 0.25) is 5.91 Å². The van der Waals surface area contributed by atoms with Gasteiger partial charge in [0.05, 0.1) is 31.3 Å². The third kappa shape index (κ3) is 36.4. The Hall–Kier alpha value is -1.43. The van der Waals surface area contributed by atoms with Crippen molar-refractivity contribution >= 4 is 5.91 Å². The molecule has 0 aliphatic heterocycles. The summed E-state index contributed by atoms with van der Waals surface area (Å²) in [5, 5.41) is 33.1. The minimum atomic E-state index is -0.951. The molecular formula is C45H85NO4. The second kappa shape index (κ2) is 40.3. The topological polar surface area (TPSA) is 89.8 Å². The Bertz CT molecular complexity index is 779. The summed E-state index contributed by atoms with van der Waals surface area (Å²) in [7, 11) is 0. The standard InChI is InChI=1S/C45H85NO4/c1-3-5-7-9-11-13-15-17-18-19-20-21-22-23-24-25-27-28-30-32-34-36-38-42(48)40-45(50)46-43(41-47)44(49)39-37-35-33-31-29-26-16-14-12-10-8-6-4-2/h23-24,29,31,37,39,42-44,47-49H,3-22,25-28,30,32-36,38,40-41H2,1-2H3,(H,46,50)/b24-23-,31-29+,39-37+. The van der Waals surface area contributed by atoms with Gasteiger partial charge in [-0.25, -0.2) is 0 Å². The van der Waals surface area contributed by atoms with Crippen LogP contribution in [0.4, 0.5) is 0 Å². The van der Waals surface area contributed by atoms with Crippen molar-refractivity contribution in [2.24, 2.45) is 0 Å². The summed E-state index contributed by atoms with van der Waals surface area (Å²) in [5.74, 6) is -0.329. The van der Waals surface area contributed by atoms with Gasteiger partial charge in [0.1, 0.15) is 0 Å². The normalized spacial score (nSPS) is 13.9. The van der Waals surface area contributed by atoms with Crippen LogP contribution in [0.2, 0.25) is 0 Å². The van der Waals surface area contributed by atoms with E-state index in [-0.39, 0.29) is 18.9 Å². The number of rotatable bonds is 39. The Morgan fingerprint density at radius 3 is 1.28 bits per heavy atom. The number of hydrogen-bond donors (Lipinski definition) is 4. The number of aliphatic hydroxyl groups is 3. The zero-order valence-corrected chi connectivity index (χ0v) is 33.3. The van der Waals surface area contributed by atoms with Crippen molar-refractivity contribution < 1.29 is 20.1 Å². The first-order chi connectivity index (χ1) is 24.5. The lowest BCUT2D eigenvalue weighted by Gasteiger charge is -2.21. The van der Waals surface area contributed by atoms with Gasteiger partial charge in [-0.3, -0.25) is 4.79 Å². The zero-order valence-electron chi connectivity index (χ0n) is 33.3. The lowest BCUT2D eigenvalue weighted by molar-refractivity contribution is -0.124. The summed E-state index contributed by atoms with van der Waals surface area (Å²) in [4.78, 5) is 12.4. The summed E-state index contributed by atoms with van der Waals surface area (Å²) in [6, 6.07) is -0.761. The first-order valence-corrected chi connectivity index (χ1v) is 21.8. The van der Waals surface area contributed by atoms with E-state index in [2.05, 4.69) is 43.5 Å². The summed E-state index contributed by atoms with van der Waals surface area (Å²) in [5.41, 5.74) is 0. The number of nitrogens with one attached hydrogen (secondary N) is 1. The van der Waals surface area contributed by atoms with Gasteiger partial charge in [-0.15, -0.1) is 0 Å². The summed E-state index contributed by atoms with van der Waals surface area (Å²) >= 11 is 0. The Kier molecular flexibility index (Phi) is 39.2. The highest BCUT2D eigenvalue weighted by Gasteiger charge is 2.20. The van der Waals surface area contributed by atoms with Crippen LogP contribution in [0.15, 0.2) is 36.5 Å². The van der Waals surface area contributed by atoms with E-state index in [0.717, 1.165) is 32.1 Å². The van der Waals surface area contributed by atoms with Crippen molar-refractivity contribution in [3.63, 3.8) is 0 Å². The zero-order chi connectivity index (χ0) is 36.6. The Balaban J connectivity index is 3.68. The van der Waals surface area contributed by atoms with Gasteiger partial charge in [0.15, 0.2) is 0 Å². The van der Waals surface area contributed by atoms with E-state index in [4.69, 9.17) is 0 Å². The van der Waals surface area contributed by atoms with E-state index in [1.54, 1.807) is 6.08 Å². The Labute approximate surface area is 311 Å². The molecule has 0 aliphatic carbocycles. The number of allylic oxidation sites excluding steroid dienone is 5. The molecule has 0 aromatic rings. The van der Waals surface area contributed by atoms with E-state index in [0.29, 0.717) is 6.42 Å². The fourth-order valence-corrected chi connectivity index (χ4v) is 6.53. The molecule has 1 amide bonds. The van der Waals surface area contributed by atoms with Gasteiger partial charge in [-0.05, 0) is 57.8 Å². The van der Waals surface area contributed by atoms with Crippen molar-refractivity contribution in [2.75, 3.05) is 6.61 Å². The number of hydrogen-bond acceptors (Lipinski definition) is 4. The smallest absolute Gasteiger partial charge is 0.222 e. The molecule has 0 aromatic carbocycles. The van der Waals surface area contributed by atoms with Gasteiger partial charge in [0.25, 0.3) is 0 Å². The second-order valence-corrected chi connectivity index (χ2v) is 14.9. The fourth-order valence-electron chi connectivity index (χ4n) is 6.53. The summed E-state index contributed by atoms with van der Waals surface area (Å²) in [6.07, 6.45) is 50.0. The molecule has 5 nitrogen and oxygen atoms in total. The molecule has 0 saturated carbocycles. The van der Waals surface area contributed by atoms with Crippen molar-refractivity contribution in [3.05, 3.63) is 36.5 Å². The van der Waals surface area contributed by atoms with E-state index < -0.39 is 18.2 Å². The molecule has 3 atom stereocenters. The van der Waals surface area contributed by atoms with Crippen LogP contribution in [0, 0.1) is 0 Å². The predicted octanol–water partition coefficient (Wildman–Crippen LogP) is 12.4. The van der Waals surface area contributed by atoms with Crippen LogP contribution in [0.25, 0.3) is 0 Å². The molecule has 50 heavy (non-hydrogen) atoms. The maximum Gasteiger partial charge on any atom is 0.222 e. The van der Waals surface area contributed by atoms with Crippen LogP contribution in [0.3, 0.4) is 0 Å². The predicted molar refractivity (Wildman–Crippen MR) is 218 cm³/mol. The van der Waals surface area contributed by atoms with Gasteiger partial charge < -0.3 is 20.6 Å². The fraction of sp³-hybridized carbons (Fsp3) is 0.844. The molecule has 0 saturated heterocycles. The number of unbranched alkanes of at least 4 members (excludes halogenated alkanes) is 26. The van der Waals surface area contributed by atoms with Crippen molar-refractivity contribution in [3.8, 4) is 0 Å². The molecule has 3 unspecified atom stereocenters. The average Bonchev–Trinajstić information content (AvgIpc) is 3.11. The first kappa shape index (κ1) is 48.6. The quantitative estimate of drug-likeness (QED) is 0.0379. The second-order valence-electron chi connectivity index (χ2n) is 14.9. The van der Waals surface area contributed by atoms with Gasteiger partial charge in [-0.1, -0.05) is 192 Å². The van der Waals surface area contributed by atoms with Gasteiger partial charge in [0, 0.05) is 0 Å². The SMILES string of the molecule is CCCCCCCCC/C=C/CC/C=C/C(O)C(CO)NC(=O)CC(O)CCCCCCCC/C=C\CCCCCCCCCCCCCC. The molecular weight excluding hydrogens is 618 g/mol. The summed E-state index contributed by atoms with van der Waals surface area (Å²) < 4.78 is 0. The maximum absolute atomic E-state index is 12.4. The highest BCUT2D eigenvalue weighted by atomic mass is 16.3. The van der Waals surface area contributed by atoms with Crippen LogP contribution >= 0.6 is 0 Å². The highest BCUT2D eigenvalue weighted by molar-refractivity contribution is 5.76. The maximum atomic E-state index is 12.4. The molecule has 0 fully saturated rings. The van der Waals surface area contributed by atoms with Gasteiger partial charge in [-0.2, -0.15) is 0 Å². The van der Waals surface area contributed by atoms with Crippen molar-refractivity contribution in [2.45, 2.75) is 238 Å². The molecule has 0 aromatic heterocycles. The molecule has 5 heteroatoms. The molecule has 0 rings (SSSR count). The van der Waals surface area contributed by atoms with Crippen LogP contribution in [0.5, 0.6) is 0 Å². The number of amides is 1. The number of carbonyl (C=O) groups excluding carboxylic acids is 1. The van der Waals surface area contributed by atoms with E-state index in [1.165, 1.54) is 161 Å². The third-order valence-electron chi connectivity index (χ3n) is 9.90. The van der Waals surface area contributed by atoms with Crippen molar-refractivity contribution in [1.82, 2.24) is 5.32 Å². The number of carbonyl (C=O) groups is 1. The lowest BCUT2D eigenvalue weighted by Crippen LogP contribution is -2.45. The van der Waals surface area contributed by atoms with Crippen molar-refractivity contribution in [1.29, 1.82) is 0 Å². The minimum Gasteiger partial charge on any atom is -0.394 e. The Morgan fingerprint density at radius 1 is 0.500 bits per heavy atom. The summed E-state index contributed by atoms with van der Waals surface area (Å²) in [6.45, 7) is 4.19. The minimum absolute atomic E-state index is 0.00204.